The number of fused-ring (bicyclic) bond motifs is 2. The second kappa shape index (κ2) is 10.5. The van der Waals surface area contributed by atoms with E-state index in [1.807, 2.05) is 36.4 Å². The van der Waals surface area contributed by atoms with Gasteiger partial charge in [0.25, 0.3) is 0 Å². The second-order valence-corrected chi connectivity index (χ2v) is 14.0. The minimum absolute atomic E-state index is 0.270. The Kier molecular flexibility index (Phi) is 7.11. The quantitative estimate of drug-likeness (QED) is 0.193. The fraction of sp³-hybridized carbons (Fsp3) is 0.152. The minimum Gasteiger partial charge on any atom is -0.612 e. The molecule has 0 radical (unpaired) electrons. The smallest absolute Gasteiger partial charge is 0.156 e. The highest BCUT2D eigenvalue weighted by Crippen LogP contribution is 2.59. The summed E-state index contributed by atoms with van der Waals surface area (Å²) in [5.74, 6) is 0. The van der Waals surface area contributed by atoms with Gasteiger partial charge in [-0.1, -0.05) is 112 Å². The summed E-state index contributed by atoms with van der Waals surface area (Å²) in [7, 11) is 0.600. The Labute approximate surface area is 233 Å². The lowest BCUT2D eigenvalue weighted by molar-refractivity contribution is 0.570. The first-order valence-electron chi connectivity index (χ1n) is 12.7. The summed E-state index contributed by atoms with van der Waals surface area (Å²) in [6.07, 6.45) is 8.81. The van der Waals surface area contributed by atoms with Gasteiger partial charge in [0.05, 0.1) is 5.41 Å². The summed E-state index contributed by atoms with van der Waals surface area (Å²) in [5, 5.41) is 1.34. The molecule has 0 amide bonds. The Balaban J connectivity index is 1.57. The van der Waals surface area contributed by atoms with Crippen LogP contribution in [0.1, 0.15) is 34.3 Å². The zero-order valence-corrected chi connectivity index (χ0v) is 24.0. The van der Waals surface area contributed by atoms with Crippen LogP contribution in [0.5, 0.6) is 0 Å². The summed E-state index contributed by atoms with van der Waals surface area (Å²) < 4.78 is 26.1. The van der Waals surface area contributed by atoms with E-state index in [0.29, 0.717) is 8.58 Å². The number of benzene rings is 4. The first-order valence-corrected chi connectivity index (χ1v) is 16.9. The maximum Gasteiger partial charge on any atom is 0.156 e. The van der Waals surface area contributed by atoms with E-state index in [2.05, 4.69) is 78.9 Å². The van der Waals surface area contributed by atoms with Crippen LogP contribution in [0.3, 0.4) is 0 Å². The molecule has 0 N–H and O–H groups in total. The molecule has 4 atom stereocenters. The van der Waals surface area contributed by atoms with Gasteiger partial charge in [-0.2, -0.15) is 0 Å². The van der Waals surface area contributed by atoms with Crippen molar-refractivity contribution >= 4 is 41.8 Å². The molecule has 38 heavy (non-hydrogen) atoms. The molecule has 0 spiro atoms. The monoisotopic (exact) mass is 552 g/mol. The van der Waals surface area contributed by atoms with Crippen molar-refractivity contribution < 1.29 is 9.11 Å². The first kappa shape index (κ1) is 25.7. The van der Waals surface area contributed by atoms with E-state index in [0.717, 1.165) is 27.3 Å². The predicted octanol–water partition coefficient (Wildman–Crippen LogP) is 6.92. The molecule has 5 heteroatoms. The Morgan fingerprint density at radius 3 is 1.89 bits per heavy atom. The third kappa shape index (κ3) is 4.39. The Hall–Kier alpha value is -2.59. The van der Waals surface area contributed by atoms with Gasteiger partial charge in [0.2, 0.25) is 0 Å². The molecule has 2 nitrogen and oxygen atoms in total. The first-order chi connectivity index (χ1) is 18.5. The van der Waals surface area contributed by atoms with Crippen LogP contribution in [0.2, 0.25) is 0 Å². The van der Waals surface area contributed by atoms with Gasteiger partial charge < -0.3 is 9.11 Å². The highest BCUT2D eigenvalue weighted by molar-refractivity contribution is 7.91. The maximum absolute atomic E-state index is 13.0. The summed E-state index contributed by atoms with van der Waals surface area (Å²) in [4.78, 5) is 1.66. The van der Waals surface area contributed by atoms with Crippen molar-refractivity contribution in [2.24, 2.45) is 0 Å². The van der Waals surface area contributed by atoms with Crippen molar-refractivity contribution in [1.29, 1.82) is 0 Å². The zero-order chi connectivity index (χ0) is 26.3. The third-order valence-corrected chi connectivity index (χ3v) is 11.3. The average molecular weight is 553 g/mol. The fourth-order valence-corrected chi connectivity index (χ4v) is 9.26. The Bertz CT molecular complexity index is 1490. The van der Waals surface area contributed by atoms with Crippen LogP contribution in [-0.2, 0) is 27.8 Å². The molecule has 0 saturated carbocycles. The average Bonchev–Trinajstić information content (AvgIpc) is 3.26. The molecule has 0 saturated heterocycles. The van der Waals surface area contributed by atoms with Crippen LogP contribution in [-0.4, -0.2) is 21.6 Å². The van der Waals surface area contributed by atoms with E-state index >= 15 is 0 Å². The molecule has 2 aliphatic rings. The minimum atomic E-state index is -1.17. The molecule has 0 fully saturated rings. The van der Waals surface area contributed by atoms with Crippen molar-refractivity contribution in [3.8, 4) is 0 Å². The van der Waals surface area contributed by atoms with E-state index in [1.165, 1.54) is 27.6 Å². The van der Waals surface area contributed by atoms with E-state index in [9.17, 15) is 9.11 Å². The summed E-state index contributed by atoms with van der Waals surface area (Å²) in [5.41, 5.74) is 7.13. The van der Waals surface area contributed by atoms with E-state index < -0.39 is 27.8 Å². The Morgan fingerprint density at radius 2 is 1.26 bits per heavy atom. The van der Waals surface area contributed by atoms with E-state index in [-0.39, 0.29) is 5.66 Å². The van der Waals surface area contributed by atoms with Crippen LogP contribution in [0.4, 0.5) is 0 Å². The van der Waals surface area contributed by atoms with Gasteiger partial charge in [-0.3, -0.25) is 0 Å². The van der Waals surface area contributed by atoms with Crippen molar-refractivity contribution in [2.45, 2.75) is 27.3 Å². The van der Waals surface area contributed by atoms with Gasteiger partial charge >= 0.3 is 0 Å². The largest absolute Gasteiger partial charge is 0.612 e. The molecule has 0 aliphatic heterocycles. The second-order valence-electron chi connectivity index (χ2n) is 9.85. The normalized spacial score (nSPS) is 21.9. The van der Waals surface area contributed by atoms with Crippen LogP contribution < -0.4 is 5.30 Å². The lowest BCUT2D eigenvalue weighted by Crippen LogP contribution is -2.32. The van der Waals surface area contributed by atoms with Crippen molar-refractivity contribution in [3.05, 3.63) is 143 Å². The molecule has 0 bridgehead atoms. The van der Waals surface area contributed by atoms with Gasteiger partial charge in [0.1, 0.15) is 12.5 Å². The summed E-state index contributed by atoms with van der Waals surface area (Å²) >= 11 is -2.34. The van der Waals surface area contributed by atoms with E-state index in [1.54, 1.807) is 12.5 Å². The highest BCUT2D eigenvalue weighted by atomic mass is 32.2. The molecule has 0 aromatic heterocycles. The van der Waals surface area contributed by atoms with Gasteiger partial charge in [-0.15, -0.1) is 0 Å². The predicted molar refractivity (Wildman–Crippen MR) is 163 cm³/mol. The molecular weight excluding hydrogens is 523 g/mol. The molecule has 4 aromatic carbocycles. The van der Waals surface area contributed by atoms with Crippen LogP contribution >= 0.6 is 8.58 Å². The summed E-state index contributed by atoms with van der Waals surface area (Å²) in [6.45, 7) is 0. The van der Waals surface area contributed by atoms with Gasteiger partial charge in [0.15, 0.2) is 9.79 Å². The molecule has 0 heterocycles. The van der Waals surface area contributed by atoms with Crippen LogP contribution in [0, 0.1) is 0 Å². The molecule has 2 aliphatic carbocycles. The maximum atomic E-state index is 13.0. The van der Waals surface area contributed by atoms with Gasteiger partial charge in [0, 0.05) is 16.8 Å². The van der Waals surface area contributed by atoms with Crippen LogP contribution in [0.25, 0.3) is 5.57 Å². The number of allylic oxidation sites excluding steroid dienone is 4. The number of rotatable bonds is 6. The molecule has 190 valence electrons. The van der Waals surface area contributed by atoms with Crippen molar-refractivity contribution in [3.63, 3.8) is 0 Å². The van der Waals surface area contributed by atoms with Crippen LogP contribution in [0.15, 0.2) is 131 Å². The summed E-state index contributed by atoms with van der Waals surface area (Å²) in [6, 6.07) is 35.7. The lowest BCUT2D eigenvalue weighted by Gasteiger charge is -2.38. The number of hydrogen-bond donors (Lipinski definition) is 0. The third-order valence-electron chi connectivity index (χ3n) is 7.70. The lowest BCUT2D eigenvalue weighted by atomic mass is 9.67. The van der Waals surface area contributed by atoms with Gasteiger partial charge in [-0.25, -0.2) is 0 Å². The fourth-order valence-electron chi connectivity index (χ4n) is 6.04. The zero-order valence-electron chi connectivity index (χ0n) is 21.4. The molecule has 4 aromatic rings. The van der Waals surface area contributed by atoms with E-state index in [4.69, 9.17) is 0 Å². The Morgan fingerprint density at radius 1 is 0.711 bits per heavy atom. The standard InChI is InChI=1S/C33H29O2PS2/c1-37(34)30-18-10-8-16-28(30)33(29-17-9-11-19-31(29)38(2)35)21-20-25-24-14-6-7-15-26(24)32(27(25)22-33)36-23-12-4-3-5-13-23/h3-21,32,36H,22H2,1-2H3. The van der Waals surface area contributed by atoms with Crippen molar-refractivity contribution in [2.75, 3.05) is 12.5 Å². The van der Waals surface area contributed by atoms with Gasteiger partial charge in [-0.05, 0) is 68.5 Å². The SMILES string of the molecule is C[S+]([O-])c1ccccc1C1(c2ccccc2[S+](C)[O-])C=CC2=C(C1)C(Pc1ccccc1)c1ccccc12. The van der Waals surface area contributed by atoms with Crippen molar-refractivity contribution in [1.82, 2.24) is 0 Å². The highest BCUT2D eigenvalue weighted by Gasteiger charge is 2.45. The molecule has 4 unspecified atom stereocenters. The molecular formula is C33H29O2PS2. The molecule has 6 rings (SSSR count). The number of hydrogen-bond acceptors (Lipinski definition) is 2. The topological polar surface area (TPSA) is 46.1 Å².